The minimum absolute atomic E-state index is 0.345. The Labute approximate surface area is 73.5 Å². The second kappa shape index (κ2) is 2.28. The topological polar surface area (TPSA) is 80.7 Å². The number of hydrogen-bond acceptors (Lipinski definition) is 3. The summed E-state index contributed by atoms with van der Waals surface area (Å²) in [5.74, 6) is 0.345. The number of nitrogens with one attached hydrogen (secondary N) is 1. The van der Waals surface area contributed by atoms with Crippen molar-refractivity contribution in [2.45, 2.75) is 0 Å². The van der Waals surface area contributed by atoms with E-state index in [0.717, 1.165) is 5.52 Å². The van der Waals surface area contributed by atoms with Gasteiger partial charge in [-0.1, -0.05) is 11.6 Å². The molecule has 4 nitrogen and oxygen atoms in total. The molecule has 5 heteroatoms. The molecule has 0 saturated heterocycles. The predicted molar refractivity (Wildman–Crippen MR) is 49.9 cm³/mol. The number of nitrogens with zero attached hydrogens (tertiary/aromatic N) is 1. The highest BCUT2D eigenvalue weighted by atomic mass is 35.5. The minimum Gasteiger partial charge on any atom is -0.397 e. The minimum atomic E-state index is 0.345. The molecule has 5 N–H and O–H groups in total. The maximum atomic E-state index is 5.88. The highest BCUT2D eigenvalue weighted by Gasteiger charge is 2.06. The van der Waals surface area contributed by atoms with Crippen LogP contribution in [0.25, 0.3) is 11.0 Å². The SMILES string of the molecule is Nc1nc2c(Cl)c(N)ccc2[nH]1. The molecule has 62 valence electrons. The number of H-pyrrole nitrogens is 1. The summed E-state index contributed by atoms with van der Waals surface area (Å²) >= 11 is 5.88. The van der Waals surface area contributed by atoms with Crippen LogP contribution in [0, 0.1) is 0 Å². The van der Waals surface area contributed by atoms with Crippen LogP contribution in [0.4, 0.5) is 11.6 Å². The number of benzene rings is 1. The van der Waals surface area contributed by atoms with E-state index >= 15 is 0 Å². The van der Waals surface area contributed by atoms with Gasteiger partial charge >= 0.3 is 0 Å². The average molecular weight is 183 g/mol. The van der Waals surface area contributed by atoms with Gasteiger partial charge in [0.1, 0.15) is 5.52 Å². The Hall–Kier alpha value is -1.42. The van der Waals surface area contributed by atoms with Gasteiger partial charge in [-0.3, -0.25) is 0 Å². The van der Waals surface area contributed by atoms with Gasteiger partial charge in [-0.2, -0.15) is 0 Å². The highest BCUT2D eigenvalue weighted by molar-refractivity contribution is 6.37. The molecule has 12 heavy (non-hydrogen) atoms. The molecule has 1 heterocycles. The van der Waals surface area contributed by atoms with Crippen LogP contribution >= 0.6 is 11.6 Å². The molecule has 0 unspecified atom stereocenters. The van der Waals surface area contributed by atoms with Crippen LogP contribution < -0.4 is 11.5 Å². The second-order valence-electron chi connectivity index (χ2n) is 2.49. The number of imidazole rings is 1. The lowest BCUT2D eigenvalue weighted by atomic mass is 10.3. The Balaban J connectivity index is 2.89. The van der Waals surface area contributed by atoms with Crippen molar-refractivity contribution in [3.63, 3.8) is 0 Å². The standard InChI is InChI=1S/C7H7ClN4/c8-5-3(9)1-2-4-6(5)12-7(10)11-4/h1-2H,9H2,(H3,10,11,12). The van der Waals surface area contributed by atoms with Crippen LogP contribution in [0.2, 0.25) is 5.02 Å². The quantitative estimate of drug-likeness (QED) is 0.539. The smallest absolute Gasteiger partial charge is 0.198 e. The van der Waals surface area contributed by atoms with E-state index in [0.29, 0.717) is 22.2 Å². The van der Waals surface area contributed by atoms with E-state index in [9.17, 15) is 0 Å². The first-order valence-electron chi connectivity index (χ1n) is 3.37. The summed E-state index contributed by atoms with van der Waals surface area (Å²) in [6, 6.07) is 3.50. The maximum absolute atomic E-state index is 5.88. The fourth-order valence-electron chi connectivity index (χ4n) is 1.08. The Morgan fingerprint density at radius 3 is 2.83 bits per heavy atom. The fraction of sp³-hybridized carbons (Fsp3) is 0. The van der Waals surface area contributed by atoms with E-state index in [1.807, 2.05) is 0 Å². The van der Waals surface area contributed by atoms with Crippen molar-refractivity contribution in [1.29, 1.82) is 0 Å². The Morgan fingerprint density at radius 2 is 2.08 bits per heavy atom. The first-order chi connectivity index (χ1) is 5.68. The Morgan fingerprint density at radius 1 is 1.33 bits per heavy atom. The van der Waals surface area contributed by atoms with Crippen molar-refractivity contribution in [2.75, 3.05) is 11.5 Å². The predicted octanol–water partition coefficient (Wildman–Crippen LogP) is 1.38. The summed E-state index contributed by atoms with van der Waals surface area (Å²) in [7, 11) is 0. The van der Waals surface area contributed by atoms with Gasteiger partial charge in [0.05, 0.1) is 16.2 Å². The van der Waals surface area contributed by atoms with E-state index in [1.54, 1.807) is 12.1 Å². The highest BCUT2D eigenvalue weighted by Crippen LogP contribution is 2.27. The molecule has 0 spiro atoms. The number of nitrogens with two attached hydrogens (primary N) is 2. The molecule has 2 aromatic rings. The zero-order valence-electron chi connectivity index (χ0n) is 6.13. The van der Waals surface area contributed by atoms with Crippen molar-refractivity contribution in [3.8, 4) is 0 Å². The monoisotopic (exact) mass is 182 g/mol. The number of halogens is 1. The average Bonchev–Trinajstić information content (AvgIpc) is 2.39. The third-order valence-electron chi connectivity index (χ3n) is 1.64. The van der Waals surface area contributed by atoms with Crippen LogP contribution in [-0.2, 0) is 0 Å². The molecule has 0 bridgehead atoms. The molecule has 1 aromatic heterocycles. The largest absolute Gasteiger partial charge is 0.397 e. The van der Waals surface area contributed by atoms with Gasteiger partial charge in [0.15, 0.2) is 5.95 Å². The molecule has 0 aliphatic rings. The molecule has 0 atom stereocenters. The second-order valence-corrected chi connectivity index (χ2v) is 2.86. The first-order valence-corrected chi connectivity index (χ1v) is 3.75. The van der Waals surface area contributed by atoms with Crippen molar-refractivity contribution in [1.82, 2.24) is 9.97 Å². The van der Waals surface area contributed by atoms with Crippen LogP contribution in [0.1, 0.15) is 0 Å². The Kier molecular flexibility index (Phi) is 1.38. The number of rotatable bonds is 0. The summed E-state index contributed by atoms with van der Waals surface area (Å²) in [4.78, 5) is 6.84. The summed E-state index contributed by atoms with van der Waals surface area (Å²) in [5.41, 5.74) is 12.9. The van der Waals surface area contributed by atoms with E-state index in [2.05, 4.69) is 9.97 Å². The van der Waals surface area contributed by atoms with Crippen LogP contribution in [0.15, 0.2) is 12.1 Å². The third kappa shape index (κ3) is 0.887. The van der Waals surface area contributed by atoms with Gasteiger partial charge in [-0.25, -0.2) is 4.98 Å². The number of aromatic amines is 1. The number of nitrogen functional groups attached to an aromatic ring is 2. The molecule has 0 aliphatic heterocycles. The number of aromatic nitrogens is 2. The Bertz CT molecular complexity index is 434. The van der Waals surface area contributed by atoms with Gasteiger partial charge in [0, 0.05) is 0 Å². The molecule has 0 radical (unpaired) electrons. The van der Waals surface area contributed by atoms with Crippen LogP contribution in [0.3, 0.4) is 0 Å². The van der Waals surface area contributed by atoms with E-state index < -0.39 is 0 Å². The zero-order valence-corrected chi connectivity index (χ0v) is 6.89. The van der Waals surface area contributed by atoms with Gasteiger partial charge in [-0.15, -0.1) is 0 Å². The molecule has 1 aromatic carbocycles. The molecule has 2 rings (SSSR count). The molecule has 0 aliphatic carbocycles. The lowest BCUT2D eigenvalue weighted by Crippen LogP contribution is -1.86. The van der Waals surface area contributed by atoms with Crippen molar-refractivity contribution < 1.29 is 0 Å². The third-order valence-corrected chi connectivity index (χ3v) is 2.04. The maximum Gasteiger partial charge on any atom is 0.198 e. The number of anilines is 2. The summed E-state index contributed by atoms with van der Waals surface area (Å²) in [5, 5.41) is 0.445. The molecular weight excluding hydrogens is 176 g/mol. The van der Waals surface area contributed by atoms with E-state index in [4.69, 9.17) is 23.1 Å². The van der Waals surface area contributed by atoms with Gasteiger partial charge < -0.3 is 16.5 Å². The molecular formula is C7H7ClN4. The van der Waals surface area contributed by atoms with Crippen LogP contribution in [-0.4, -0.2) is 9.97 Å². The van der Waals surface area contributed by atoms with Crippen LogP contribution in [0.5, 0.6) is 0 Å². The van der Waals surface area contributed by atoms with Crippen molar-refractivity contribution in [3.05, 3.63) is 17.2 Å². The summed E-state index contributed by atoms with van der Waals surface area (Å²) < 4.78 is 0. The lowest BCUT2D eigenvalue weighted by molar-refractivity contribution is 1.35. The van der Waals surface area contributed by atoms with Gasteiger partial charge in [0.2, 0.25) is 0 Å². The number of hydrogen-bond donors (Lipinski definition) is 3. The molecule has 0 amide bonds. The zero-order chi connectivity index (χ0) is 8.72. The fourth-order valence-corrected chi connectivity index (χ4v) is 1.28. The van der Waals surface area contributed by atoms with Crippen molar-refractivity contribution in [2.24, 2.45) is 0 Å². The lowest BCUT2D eigenvalue weighted by Gasteiger charge is -1.95. The molecule has 0 saturated carbocycles. The van der Waals surface area contributed by atoms with Gasteiger partial charge in [-0.05, 0) is 12.1 Å². The van der Waals surface area contributed by atoms with Gasteiger partial charge in [0.25, 0.3) is 0 Å². The van der Waals surface area contributed by atoms with E-state index in [-0.39, 0.29) is 0 Å². The van der Waals surface area contributed by atoms with E-state index in [1.165, 1.54) is 0 Å². The number of fused-ring (bicyclic) bond motifs is 1. The summed E-state index contributed by atoms with van der Waals surface area (Å²) in [6.45, 7) is 0. The normalized spacial score (nSPS) is 10.8. The first kappa shape index (κ1) is 7.24. The summed E-state index contributed by atoms with van der Waals surface area (Å²) in [6.07, 6.45) is 0. The van der Waals surface area contributed by atoms with Crippen molar-refractivity contribution >= 4 is 34.3 Å². The molecule has 0 fully saturated rings.